The van der Waals surface area contributed by atoms with Gasteiger partial charge in [-0.3, -0.25) is 9.69 Å². The Bertz CT molecular complexity index is 780. The maximum absolute atomic E-state index is 12.3. The molecule has 1 aliphatic rings. The fourth-order valence-corrected chi connectivity index (χ4v) is 3.00. The third kappa shape index (κ3) is 4.33. The maximum atomic E-state index is 12.3. The molecule has 0 radical (unpaired) electrons. The Morgan fingerprint density at radius 1 is 1.40 bits per heavy atom. The van der Waals surface area contributed by atoms with Gasteiger partial charge in [0.2, 0.25) is 0 Å². The molecule has 25 heavy (non-hydrogen) atoms. The number of carbonyl (C=O) groups is 2. The van der Waals surface area contributed by atoms with Crippen LogP contribution in [0.3, 0.4) is 0 Å². The fraction of sp³-hybridized carbons (Fsp3) is 0.222. The van der Waals surface area contributed by atoms with Crippen LogP contribution in [0, 0.1) is 15.9 Å². The highest BCUT2D eigenvalue weighted by molar-refractivity contribution is 14.1. The Morgan fingerprint density at radius 2 is 2.16 bits per heavy atom. The Morgan fingerprint density at radius 3 is 2.80 bits per heavy atom. The average molecular weight is 452 g/mol. The van der Waals surface area contributed by atoms with Crippen molar-refractivity contribution < 1.29 is 19.1 Å². The SMILES string of the molecule is C#CCOc1c(I)cc(/C=C2/NC(=O)N(CC=C)C2=O)cc1OCC. The number of rotatable bonds is 7. The summed E-state index contributed by atoms with van der Waals surface area (Å²) in [7, 11) is 0. The average Bonchev–Trinajstić information content (AvgIpc) is 2.82. The Labute approximate surface area is 160 Å². The first-order valence-corrected chi connectivity index (χ1v) is 8.57. The molecule has 7 heteroatoms. The van der Waals surface area contributed by atoms with Crippen LogP contribution in [0.25, 0.3) is 6.08 Å². The molecule has 1 aliphatic heterocycles. The lowest BCUT2D eigenvalue weighted by molar-refractivity contribution is -0.122. The molecular weight excluding hydrogens is 435 g/mol. The molecule has 0 saturated carbocycles. The Kier molecular flexibility index (Phi) is 6.47. The minimum Gasteiger partial charge on any atom is -0.490 e. The zero-order chi connectivity index (χ0) is 18.4. The molecular formula is C18H17IN2O4. The van der Waals surface area contributed by atoms with Crippen LogP contribution in [0.5, 0.6) is 11.5 Å². The zero-order valence-corrected chi connectivity index (χ0v) is 15.8. The van der Waals surface area contributed by atoms with Crippen molar-refractivity contribution >= 4 is 40.6 Å². The van der Waals surface area contributed by atoms with Crippen LogP contribution < -0.4 is 14.8 Å². The third-order valence-electron chi connectivity index (χ3n) is 3.22. The molecule has 130 valence electrons. The number of urea groups is 1. The third-order valence-corrected chi connectivity index (χ3v) is 4.02. The van der Waals surface area contributed by atoms with Gasteiger partial charge in [-0.15, -0.1) is 13.0 Å². The number of imide groups is 1. The first kappa shape index (κ1) is 18.9. The van der Waals surface area contributed by atoms with E-state index in [0.29, 0.717) is 23.7 Å². The molecule has 1 aromatic carbocycles. The minimum atomic E-state index is -0.468. The van der Waals surface area contributed by atoms with Gasteiger partial charge >= 0.3 is 6.03 Å². The first-order chi connectivity index (χ1) is 12.0. The van der Waals surface area contributed by atoms with Crippen molar-refractivity contribution in [2.45, 2.75) is 6.92 Å². The Hall–Kier alpha value is -2.47. The molecule has 0 spiro atoms. The summed E-state index contributed by atoms with van der Waals surface area (Å²) in [6.07, 6.45) is 8.33. The second-order valence-electron chi connectivity index (χ2n) is 4.95. The van der Waals surface area contributed by atoms with Gasteiger partial charge in [-0.05, 0) is 53.3 Å². The second-order valence-corrected chi connectivity index (χ2v) is 6.11. The highest BCUT2D eigenvalue weighted by Crippen LogP contribution is 2.35. The van der Waals surface area contributed by atoms with E-state index in [0.717, 1.165) is 8.47 Å². The predicted octanol–water partition coefficient (Wildman–Crippen LogP) is 2.78. The summed E-state index contributed by atoms with van der Waals surface area (Å²) in [4.78, 5) is 25.2. The summed E-state index contributed by atoms with van der Waals surface area (Å²) in [6.45, 7) is 6.13. The van der Waals surface area contributed by atoms with Gasteiger partial charge in [0.25, 0.3) is 5.91 Å². The molecule has 0 unspecified atom stereocenters. The molecule has 1 N–H and O–H groups in total. The number of halogens is 1. The van der Waals surface area contributed by atoms with Crippen molar-refractivity contribution in [3.05, 3.63) is 39.6 Å². The van der Waals surface area contributed by atoms with Crippen LogP contribution in [0.2, 0.25) is 0 Å². The van der Waals surface area contributed by atoms with Gasteiger partial charge in [-0.25, -0.2) is 4.79 Å². The van der Waals surface area contributed by atoms with E-state index in [9.17, 15) is 9.59 Å². The number of amides is 3. The van der Waals surface area contributed by atoms with Crippen molar-refractivity contribution in [1.29, 1.82) is 0 Å². The number of carbonyl (C=O) groups excluding carboxylic acids is 2. The minimum absolute atomic E-state index is 0.127. The van der Waals surface area contributed by atoms with Gasteiger partial charge in [0.15, 0.2) is 11.5 Å². The summed E-state index contributed by atoms with van der Waals surface area (Å²) in [5.41, 5.74) is 0.896. The van der Waals surface area contributed by atoms with E-state index in [4.69, 9.17) is 15.9 Å². The smallest absolute Gasteiger partial charge is 0.329 e. The molecule has 1 heterocycles. The molecule has 1 saturated heterocycles. The number of ether oxygens (including phenoxy) is 2. The number of nitrogens with one attached hydrogen (secondary N) is 1. The Balaban J connectivity index is 2.37. The summed E-state index contributed by atoms with van der Waals surface area (Å²) in [5, 5.41) is 2.56. The number of hydrogen-bond donors (Lipinski definition) is 1. The molecule has 1 fully saturated rings. The normalized spacial score (nSPS) is 15.1. The maximum Gasteiger partial charge on any atom is 0.329 e. The molecule has 0 aliphatic carbocycles. The number of hydrogen-bond acceptors (Lipinski definition) is 4. The zero-order valence-electron chi connectivity index (χ0n) is 13.7. The van der Waals surface area contributed by atoms with Crippen molar-refractivity contribution in [3.8, 4) is 23.8 Å². The second kappa shape index (κ2) is 8.58. The molecule has 3 amide bonds. The van der Waals surface area contributed by atoms with Gasteiger partial charge in [-0.1, -0.05) is 12.0 Å². The van der Waals surface area contributed by atoms with E-state index in [1.54, 1.807) is 12.1 Å². The van der Waals surface area contributed by atoms with Gasteiger partial charge in [-0.2, -0.15) is 0 Å². The lowest BCUT2D eigenvalue weighted by Crippen LogP contribution is -2.30. The summed E-state index contributed by atoms with van der Waals surface area (Å²) in [5.74, 6) is 3.09. The van der Waals surface area contributed by atoms with Crippen molar-refractivity contribution in [2.24, 2.45) is 0 Å². The van der Waals surface area contributed by atoms with Gasteiger partial charge < -0.3 is 14.8 Å². The highest BCUT2D eigenvalue weighted by Gasteiger charge is 2.32. The van der Waals surface area contributed by atoms with Crippen LogP contribution in [-0.4, -0.2) is 36.6 Å². The largest absolute Gasteiger partial charge is 0.490 e. The van der Waals surface area contributed by atoms with Gasteiger partial charge in [0.1, 0.15) is 12.3 Å². The lowest BCUT2D eigenvalue weighted by atomic mass is 10.1. The van der Waals surface area contributed by atoms with Crippen LogP contribution in [0.1, 0.15) is 12.5 Å². The van der Waals surface area contributed by atoms with E-state index in [1.807, 2.05) is 13.0 Å². The summed E-state index contributed by atoms with van der Waals surface area (Å²) >= 11 is 2.11. The monoisotopic (exact) mass is 452 g/mol. The molecule has 0 aromatic heterocycles. The topological polar surface area (TPSA) is 67.9 Å². The predicted molar refractivity (Wildman–Crippen MR) is 103 cm³/mol. The van der Waals surface area contributed by atoms with Crippen molar-refractivity contribution in [1.82, 2.24) is 10.2 Å². The number of benzene rings is 1. The molecule has 0 bridgehead atoms. The number of nitrogens with zero attached hydrogens (tertiary/aromatic N) is 1. The van der Waals surface area contributed by atoms with E-state index >= 15 is 0 Å². The summed E-state index contributed by atoms with van der Waals surface area (Å²) < 4.78 is 11.9. The standard InChI is InChI=1S/C18H17IN2O4/c1-4-7-21-17(22)14(20-18(21)23)10-12-9-13(19)16(25-8-5-2)15(11-12)24-6-3/h2,4,9-11H,1,6-8H2,3H3,(H,20,23)/b14-10+. The molecule has 0 atom stereocenters. The van der Waals surface area contributed by atoms with E-state index in [-0.39, 0.29) is 18.8 Å². The van der Waals surface area contributed by atoms with E-state index in [2.05, 4.69) is 40.4 Å². The number of terminal acetylenes is 1. The summed E-state index contributed by atoms with van der Waals surface area (Å²) in [6, 6.07) is 3.09. The fourth-order valence-electron chi connectivity index (χ4n) is 2.22. The van der Waals surface area contributed by atoms with Crippen LogP contribution in [-0.2, 0) is 4.79 Å². The van der Waals surface area contributed by atoms with Crippen molar-refractivity contribution in [2.75, 3.05) is 19.8 Å². The van der Waals surface area contributed by atoms with E-state index < -0.39 is 11.9 Å². The van der Waals surface area contributed by atoms with Crippen molar-refractivity contribution in [3.63, 3.8) is 0 Å². The highest BCUT2D eigenvalue weighted by atomic mass is 127. The van der Waals surface area contributed by atoms with Gasteiger partial charge in [0, 0.05) is 6.54 Å². The molecule has 2 rings (SSSR count). The molecule has 6 nitrogen and oxygen atoms in total. The van der Waals surface area contributed by atoms with Crippen LogP contribution in [0.15, 0.2) is 30.5 Å². The van der Waals surface area contributed by atoms with Crippen LogP contribution in [0.4, 0.5) is 4.79 Å². The van der Waals surface area contributed by atoms with Gasteiger partial charge in [0.05, 0.1) is 10.2 Å². The van der Waals surface area contributed by atoms with Crippen LogP contribution >= 0.6 is 22.6 Å². The quantitative estimate of drug-likeness (QED) is 0.227. The van der Waals surface area contributed by atoms with E-state index in [1.165, 1.54) is 6.08 Å². The molecule has 1 aromatic rings. The first-order valence-electron chi connectivity index (χ1n) is 7.49. The lowest BCUT2D eigenvalue weighted by Gasteiger charge is -2.13.